The zero-order valence-corrected chi connectivity index (χ0v) is 9.67. The molecule has 1 rings (SSSR count). The van der Waals surface area contributed by atoms with Gasteiger partial charge in [-0.05, 0) is 49.4 Å². The van der Waals surface area contributed by atoms with Crippen molar-refractivity contribution in [3.05, 3.63) is 28.8 Å². The minimum atomic E-state index is 0.643. The third kappa shape index (κ3) is 2.82. The first-order chi connectivity index (χ1) is 7.20. The predicted octanol–water partition coefficient (Wildman–Crippen LogP) is 2.83. The maximum absolute atomic E-state index is 10.2. The van der Waals surface area contributed by atoms with Crippen LogP contribution in [0.4, 0.5) is 0 Å². The molecule has 0 amide bonds. The molecule has 1 aromatic carbocycles. The van der Waals surface area contributed by atoms with Gasteiger partial charge in [-0.2, -0.15) is 0 Å². The van der Waals surface area contributed by atoms with Gasteiger partial charge >= 0.3 is 0 Å². The van der Waals surface area contributed by atoms with Gasteiger partial charge in [-0.15, -0.1) is 0 Å². The SMILES string of the molecule is COc1ccc(CCCC=O)c(C)c1C. The first kappa shape index (κ1) is 11.8. The van der Waals surface area contributed by atoms with Crippen LogP contribution in [0.2, 0.25) is 0 Å². The van der Waals surface area contributed by atoms with Crippen molar-refractivity contribution in [2.24, 2.45) is 0 Å². The summed E-state index contributed by atoms with van der Waals surface area (Å²) in [7, 11) is 1.69. The fourth-order valence-electron chi connectivity index (χ4n) is 1.72. The molecular weight excluding hydrogens is 188 g/mol. The Bertz CT molecular complexity index is 343. The van der Waals surface area contributed by atoms with E-state index in [0.29, 0.717) is 6.42 Å². The average Bonchev–Trinajstić information content (AvgIpc) is 2.25. The van der Waals surface area contributed by atoms with Gasteiger partial charge in [0.15, 0.2) is 0 Å². The van der Waals surface area contributed by atoms with Crippen molar-refractivity contribution in [1.82, 2.24) is 0 Å². The number of unbranched alkanes of at least 4 members (excludes halogenated alkanes) is 1. The molecular formula is C13H18O2. The molecule has 0 aliphatic rings. The van der Waals surface area contributed by atoms with E-state index in [2.05, 4.69) is 19.9 Å². The van der Waals surface area contributed by atoms with Crippen LogP contribution in [-0.2, 0) is 11.2 Å². The van der Waals surface area contributed by atoms with Crippen LogP contribution in [0.3, 0.4) is 0 Å². The summed E-state index contributed by atoms with van der Waals surface area (Å²) in [5.74, 6) is 0.937. The van der Waals surface area contributed by atoms with Crippen molar-refractivity contribution in [3.63, 3.8) is 0 Å². The lowest BCUT2D eigenvalue weighted by atomic mass is 9.98. The second-order valence-corrected chi connectivity index (χ2v) is 3.74. The summed E-state index contributed by atoms with van der Waals surface area (Å²) < 4.78 is 5.25. The summed E-state index contributed by atoms with van der Waals surface area (Å²) >= 11 is 0. The number of aldehydes is 1. The van der Waals surface area contributed by atoms with Crippen LogP contribution in [0.5, 0.6) is 5.75 Å². The van der Waals surface area contributed by atoms with Crippen LogP contribution in [0.1, 0.15) is 29.5 Å². The number of ether oxygens (including phenoxy) is 1. The second-order valence-electron chi connectivity index (χ2n) is 3.74. The van der Waals surface area contributed by atoms with E-state index >= 15 is 0 Å². The Morgan fingerprint density at radius 1 is 1.27 bits per heavy atom. The molecule has 0 heterocycles. The summed E-state index contributed by atoms with van der Waals surface area (Å²) in [6, 6.07) is 4.09. The van der Waals surface area contributed by atoms with Crippen molar-refractivity contribution >= 4 is 6.29 Å². The molecule has 0 atom stereocenters. The Hall–Kier alpha value is -1.31. The molecule has 0 fully saturated rings. The van der Waals surface area contributed by atoms with Gasteiger partial charge in [-0.1, -0.05) is 6.07 Å². The maximum Gasteiger partial charge on any atom is 0.122 e. The highest BCUT2D eigenvalue weighted by Crippen LogP contribution is 2.24. The van der Waals surface area contributed by atoms with Crippen LogP contribution >= 0.6 is 0 Å². The molecule has 0 radical (unpaired) electrons. The zero-order valence-electron chi connectivity index (χ0n) is 9.67. The standard InChI is InChI=1S/C13H18O2/c1-10-11(2)13(15-3)8-7-12(10)6-4-5-9-14/h7-9H,4-6H2,1-3H3. The normalized spacial score (nSPS) is 10.1. The third-order valence-electron chi connectivity index (χ3n) is 2.84. The third-order valence-corrected chi connectivity index (χ3v) is 2.84. The van der Waals surface area contributed by atoms with E-state index in [9.17, 15) is 4.79 Å². The average molecular weight is 206 g/mol. The summed E-state index contributed by atoms with van der Waals surface area (Å²) in [6.45, 7) is 4.17. The number of aryl methyl sites for hydroxylation is 1. The quantitative estimate of drug-likeness (QED) is 0.547. The lowest BCUT2D eigenvalue weighted by Crippen LogP contribution is -1.96. The van der Waals surface area contributed by atoms with E-state index in [1.807, 2.05) is 6.07 Å². The van der Waals surface area contributed by atoms with E-state index in [4.69, 9.17) is 4.74 Å². The van der Waals surface area contributed by atoms with Gasteiger partial charge in [0, 0.05) is 6.42 Å². The summed E-state index contributed by atoms with van der Waals surface area (Å²) in [5.41, 5.74) is 3.79. The van der Waals surface area contributed by atoms with Gasteiger partial charge in [-0.25, -0.2) is 0 Å². The smallest absolute Gasteiger partial charge is 0.122 e. The van der Waals surface area contributed by atoms with Gasteiger partial charge in [0.1, 0.15) is 12.0 Å². The highest BCUT2D eigenvalue weighted by molar-refractivity contribution is 5.49. The summed E-state index contributed by atoms with van der Waals surface area (Å²) in [5, 5.41) is 0. The summed E-state index contributed by atoms with van der Waals surface area (Å²) in [6.07, 6.45) is 3.52. The second kappa shape index (κ2) is 5.54. The minimum Gasteiger partial charge on any atom is -0.496 e. The Kier molecular flexibility index (Phi) is 4.35. The fourth-order valence-corrected chi connectivity index (χ4v) is 1.72. The van der Waals surface area contributed by atoms with Crippen LogP contribution in [-0.4, -0.2) is 13.4 Å². The number of methoxy groups -OCH3 is 1. The van der Waals surface area contributed by atoms with Crippen LogP contribution in [0, 0.1) is 13.8 Å². The Morgan fingerprint density at radius 3 is 2.60 bits per heavy atom. The van der Waals surface area contributed by atoms with Crippen molar-refractivity contribution in [1.29, 1.82) is 0 Å². The van der Waals surface area contributed by atoms with Crippen molar-refractivity contribution in [3.8, 4) is 5.75 Å². The molecule has 0 saturated heterocycles. The number of hydrogen-bond acceptors (Lipinski definition) is 2. The predicted molar refractivity (Wildman–Crippen MR) is 61.5 cm³/mol. The molecule has 0 bridgehead atoms. The molecule has 2 nitrogen and oxygen atoms in total. The van der Waals surface area contributed by atoms with E-state index in [1.54, 1.807) is 7.11 Å². The van der Waals surface area contributed by atoms with E-state index in [-0.39, 0.29) is 0 Å². The zero-order chi connectivity index (χ0) is 11.3. The van der Waals surface area contributed by atoms with Crippen LogP contribution in [0.25, 0.3) is 0 Å². The maximum atomic E-state index is 10.2. The van der Waals surface area contributed by atoms with E-state index < -0.39 is 0 Å². The molecule has 0 aliphatic heterocycles. The van der Waals surface area contributed by atoms with Gasteiger partial charge in [0.2, 0.25) is 0 Å². The van der Waals surface area contributed by atoms with Crippen molar-refractivity contribution in [2.45, 2.75) is 33.1 Å². The van der Waals surface area contributed by atoms with Crippen molar-refractivity contribution < 1.29 is 9.53 Å². The molecule has 0 N–H and O–H groups in total. The molecule has 0 unspecified atom stereocenters. The van der Waals surface area contributed by atoms with Gasteiger partial charge in [0.25, 0.3) is 0 Å². The molecule has 1 aromatic rings. The molecule has 0 aliphatic carbocycles. The molecule has 0 spiro atoms. The van der Waals surface area contributed by atoms with Crippen molar-refractivity contribution in [2.75, 3.05) is 7.11 Å². The first-order valence-electron chi connectivity index (χ1n) is 5.27. The lowest BCUT2D eigenvalue weighted by Gasteiger charge is -2.11. The van der Waals surface area contributed by atoms with E-state index in [0.717, 1.165) is 24.9 Å². The Morgan fingerprint density at radius 2 is 2.00 bits per heavy atom. The van der Waals surface area contributed by atoms with Gasteiger partial charge in [-0.3, -0.25) is 0 Å². The Labute approximate surface area is 91.3 Å². The molecule has 0 aromatic heterocycles. The number of carbonyl (C=O) groups is 1. The van der Waals surface area contributed by atoms with E-state index in [1.165, 1.54) is 16.7 Å². The lowest BCUT2D eigenvalue weighted by molar-refractivity contribution is -0.107. The number of hydrogen-bond donors (Lipinski definition) is 0. The van der Waals surface area contributed by atoms with Gasteiger partial charge < -0.3 is 9.53 Å². The van der Waals surface area contributed by atoms with Crippen LogP contribution in [0.15, 0.2) is 12.1 Å². The molecule has 82 valence electrons. The highest BCUT2D eigenvalue weighted by Gasteiger charge is 2.05. The largest absolute Gasteiger partial charge is 0.496 e. The van der Waals surface area contributed by atoms with Gasteiger partial charge in [0.05, 0.1) is 7.11 Å². The Balaban J connectivity index is 2.81. The highest BCUT2D eigenvalue weighted by atomic mass is 16.5. The number of benzene rings is 1. The first-order valence-corrected chi connectivity index (χ1v) is 5.27. The van der Waals surface area contributed by atoms with Crippen LogP contribution < -0.4 is 4.74 Å². The molecule has 2 heteroatoms. The topological polar surface area (TPSA) is 26.3 Å². The monoisotopic (exact) mass is 206 g/mol. The fraction of sp³-hybridized carbons (Fsp3) is 0.462. The number of carbonyl (C=O) groups excluding carboxylic acids is 1. The molecule has 15 heavy (non-hydrogen) atoms. The minimum absolute atomic E-state index is 0.643. The summed E-state index contributed by atoms with van der Waals surface area (Å²) in [4.78, 5) is 10.2. The molecule has 0 saturated carbocycles. The number of rotatable bonds is 5.